The summed E-state index contributed by atoms with van der Waals surface area (Å²) in [6.07, 6.45) is 3.88. The van der Waals surface area contributed by atoms with Gasteiger partial charge < -0.3 is 14.9 Å². The maximum absolute atomic E-state index is 9.56. The van der Waals surface area contributed by atoms with Gasteiger partial charge in [0.05, 0.1) is 5.60 Å². The van der Waals surface area contributed by atoms with Crippen molar-refractivity contribution in [1.29, 1.82) is 0 Å². The molecule has 0 aromatic rings. The highest BCUT2D eigenvalue weighted by molar-refractivity contribution is 4.84. The fourth-order valence-corrected chi connectivity index (χ4v) is 2.53. The molecule has 2 N–H and O–H groups in total. The smallest absolute Gasteiger partial charge is 0.157 e. The Bertz CT molecular complexity index is 195. The number of aliphatic hydroxyl groups excluding tert-OH is 2. The first-order chi connectivity index (χ1) is 7.47. The third-order valence-corrected chi connectivity index (χ3v) is 3.83. The van der Waals surface area contributed by atoms with E-state index in [1.807, 2.05) is 0 Å². The predicted octanol–water partition coefficient (Wildman–Crippen LogP) is 2.31. The molecule has 0 heterocycles. The van der Waals surface area contributed by atoms with E-state index in [0.29, 0.717) is 6.42 Å². The highest BCUT2D eigenvalue weighted by Gasteiger charge is 2.34. The molecular formula is C13H26O3. The summed E-state index contributed by atoms with van der Waals surface area (Å²) < 4.78 is 5.64. The SMILES string of the molecule is CC(C)C1CCC(C)(OC(O)CCO)CC1. The van der Waals surface area contributed by atoms with Gasteiger partial charge in [-0.05, 0) is 44.4 Å². The molecule has 1 atom stereocenters. The van der Waals surface area contributed by atoms with Gasteiger partial charge in [-0.2, -0.15) is 0 Å². The van der Waals surface area contributed by atoms with Crippen molar-refractivity contribution in [2.24, 2.45) is 11.8 Å². The molecule has 0 radical (unpaired) electrons. The Morgan fingerprint density at radius 3 is 2.31 bits per heavy atom. The highest BCUT2D eigenvalue weighted by Crippen LogP contribution is 2.38. The van der Waals surface area contributed by atoms with E-state index in [1.165, 1.54) is 12.8 Å². The van der Waals surface area contributed by atoms with Crippen LogP contribution in [0.1, 0.15) is 52.9 Å². The van der Waals surface area contributed by atoms with E-state index in [1.54, 1.807) is 0 Å². The quantitative estimate of drug-likeness (QED) is 0.713. The zero-order valence-corrected chi connectivity index (χ0v) is 10.8. The monoisotopic (exact) mass is 230 g/mol. The first-order valence-electron chi connectivity index (χ1n) is 6.43. The summed E-state index contributed by atoms with van der Waals surface area (Å²) in [5.41, 5.74) is -0.194. The van der Waals surface area contributed by atoms with Crippen LogP contribution in [0, 0.1) is 11.8 Å². The summed E-state index contributed by atoms with van der Waals surface area (Å²) in [6.45, 7) is 6.60. The van der Waals surface area contributed by atoms with Crippen molar-refractivity contribution in [2.45, 2.75) is 64.8 Å². The number of rotatable bonds is 5. The summed E-state index contributed by atoms with van der Waals surface area (Å²) in [6, 6.07) is 0. The summed E-state index contributed by atoms with van der Waals surface area (Å²) in [5.74, 6) is 1.54. The van der Waals surface area contributed by atoms with Crippen molar-refractivity contribution >= 4 is 0 Å². The summed E-state index contributed by atoms with van der Waals surface area (Å²) in [5, 5.41) is 18.3. The van der Waals surface area contributed by atoms with Crippen molar-refractivity contribution in [1.82, 2.24) is 0 Å². The lowest BCUT2D eigenvalue weighted by Crippen LogP contribution is -2.38. The minimum absolute atomic E-state index is 0.0220. The molecule has 0 amide bonds. The van der Waals surface area contributed by atoms with E-state index in [-0.39, 0.29) is 12.2 Å². The number of hydrogen-bond donors (Lipinski definition) is 2. The van der Waals surface area contributed by atoms with Crippen molar-refractivity contribution in [3.05, 3.63) is 0 Å². The van der Waals surface area contributed by atoms with Crippen LogP contribution in [0.25, 0.3) is 0 Å². The van der Waals surface area contributed by atoms with E-state index in [4.69, 9.17) is 9.84 Å². The Balaban J connectivity index is 2.37. The van der Waals surface area contributed by atoms with Gasteiger partial charge in [0.2, 0.25) is 0 Å². The standard InChI is InChI=1S/C13H26O3/c1-10(2)11-4-7-13(3,8-5-11)16-12(15)6-9-14/h10-12,14-15H,4-9H2,1-3H3. The molecule has 0 aromatic carbocycles. The first kappa shape index (κ1) is 13.9. The molecule has 1 aliphatic rings. The van der Waals surface area contributed by atoms with Crippen molar-refractivity contribution in [2.75, 3.05) is 6.61 Å². The zero-order valence-electron chi connectivity index (χ0n) is 10.8. The topological polar surface area (TPSA) is 49.7 Å². The van der Waals surface area contributed by atoms with Gasteiger partial charge in [0, 0.05) is 13.0 Å². The van der Waals surface area contributed by atoms with Gasteiger partial charge in [-0.1, -0.05) is 13.8 Å². The third kappa shape index (κ3) is 4.04. The molecule has 0 saturated heterocycles. The van der Waals surface area contributed by atoms with E-state index in [9.17, 15) is 5.11 Å². The molecule has 0 aromatic heterocycles. The molecule has 3 nitrogen and oxygen atoms in total. The maximum atomic E-state index is 9.56. The van der Waals surface area contributed by atoms with Crippen molar-refractivity contribution in [3.8, 4) is 0 Å². The van der Waals surface area contributed by atoms with Crippen LogP contribution in [0.2, 0.25) is 0 Å². The molecule has 1 rings (SSSR count). The van der Waals surface area contributed by atoms with Gasteiger partial charge in [-0.15, -0.1) is 0 Å². The molecule has 0 spiro atoms. The lowest BCUT2D eigenvalue weighted by atomic mass is 9.75. The van der Waals surface area contributed by atoms with Crippen LogP contribution in [0.3, 0.4) is 0 Å². The Morgan fingerprint density at radius 1 is 1.31 bits per heavy atom. The largest absolute Gasteiger partial charge is 0.396 e. The number of ether oxygens (including phenoxy) is 1. The molecule has 3 heteroatoms. The van der Waals surface area contributed by atoms with E-state index < -0.39 is 6.29 Å². The molecule has 1 saturated carbocycles. The minimum Gasteiger partial charge on any atom is -0.396 e. The molecule has 0 bridgehead atoms. The molecule has 96 valence electrons. The first-order valence-corrected chi connectivity index (χ1v) is 6.43. The molecule has 16 heavy (non-hydrogen) atoms. The lowest BCUT2D eigenvalue weighted by molar-refractivity contribution is -0.198. The van der Waals surface area contributed by atoms with Crippen LogP contribution < -0.4 is 0 Å². The van der Waals surface area contributed by atoms with Crippen LogP contribution >= 0.6 is 0 Å². The van der Waals surface area contributed by atoms with Crippen molar-refractivity contribution < 1.29 is 14.9 Å². The second-order valence-electron chi connectivity index (χ2n) is 5.62. The third-order valence-electron chi connectivity index (χ3n) is 3.83. The van der Waals surface area contributed by atoms with E-state index in [2.05, 4.69) is 20.8 Å². The van der Waals surface area contributed by atoms with E-state index >= 15 is 0 Å². The number of hydrogen-bond acceptors (Lipinski definition) is 3. The highest BCUT2D eigenvalue weighted by atomic mass is 16.6. The summed E-state index contributed by atoms with van der Waals surface area (Å²) >= 11 is 0. The second kappa shape index (κ2) is 5.99. The van der Waals surface area contributed by atoms with Crippen molar-refractivity contribution in [3.63, 3.8) is 0 Å². The Labute approximate surface area is 98.8 Å². The normalized spacial score (nSPS) is 33.0. The van der Waals surface area contributed by atoms with Gasteiger partial charge in [-0.25, -0.2) is 0 Å². The summed E-state index contributed by atoms with van der Waals surface area (Å²) in [4.78, 5) is 0. The van der Waals surface area contributed by atoms with Gasteiger partial charge in [0.25, 0.3) is 0 Å². The summed E-state index contributed by atoms with van der Waals surface area (Å²) in [7, 11) is 0. The van der Waals surface area contributed by atoms with Gasteiger partial charge in [0.1, 0.15) is 0 Å². The average Bonchev–Trinajstić information content (AvgIpc) is 2.17. The average molecular weight is 230 g/mol. The molecule has 1 aliphatic carbocycles. The zero-order chi connectivity index (χ0) is 12.2. The Morgan fingerprint density at radius 2 is 1.88 bits per heavy atom. The fourth-order valence-electron chi connectivity index (χ4n) is 2.53. The van der Waals surface area contributed by atoms with Gasteiger partial charge in [0.15, 0.2) is 6.29 Å². The minimum atomic E-state index is -0.814. The van der Waals surface area contributed by atoms with Crippen LogP contribution in [0.5, 0.6) is 0 Å². The van der Waals surface area contributed by atoms with Crippen LogP contribution in [-0.4, -0.2) is 28.7 Å². The van der Waals surface area contributed by atoms with Gasteiger partial charge >= 0.3 is 0 Å². The fraction of sp³-hybridized carbons (Fsp3) is 1.00. The van der Waals surface area contributed by atoms with Gasteiger partial charge in [-0.3, -0.25) is 0 Å². The van der Waals surface area contributed by atoms with Crippen LogP contribution in [-0.2, 0) is 4.74 Å². The van der Waals surface area contributed by atoms with Crippen LogP contribution in [0.4, 0.5) is 0 Å². The second-order valence-corrected chi connectivity index (χ2v) is 5.62. The Hall–Kier alpha value is -0.120. The molecule has 0 aliphatic heterocycles. The molecule has 1 unspecified atom stereocenters. The maximum Gasteiger partial charge on any atom is 0.157 e. The van der Waals surface area contributed by atoms with E-state index in [0.717, 1.165) is 24.7 Å². The number of aliphatic hydroxyl groups is 2. The Kier molecular flexibility index (Phi) is 5.22. The molecular weight excluding hydrogens is 204 g/mol. The lowest BCUT2D eigenvalue weighted by Gasteiger charge is -2.39. The molecule has 1 fully saturated rings. The predicted molar refractivity (Wildman–Crippen MR) is 64.0 cm³/mol. The van der Waals surface area contributed by atoms with Crippen LogP contribution in [0.15, 0.2) is 0 Å².